The van der Waals surface area contributed by atoms with Crippen molar-refractivity contribution in [2.75, 3.05) is 13.2 Å². The van der Waals surface area contributed by atoms with Crippen molar-refractivity contribution in [3.63, 3.8) is 0 Å². The molecular formula is C19H20N4O5S. The maximum absolute atomic E-state index is 12.4. The number of pyridine rings is 1. The maximum atomic E-state index is 12.4. The van der Waals surface area contributed by atoms with Gasteiger partial charge in [0, 0.05) is 18.0 Å². The summed E-state index contributed by atoms with van der Waals surface area (Å²) < 4.78 is 43.8. The lowest BCUT2D eigenvalue weighted by Gasteiger charge is -2.28. The molecule has 1 fully saturated rings. The summed E-state index contributed by atoms with van der Waals surface area (Å²) >= 11 is 0. The summed E-state index contributed by atoms with van der Waals surface area (Å²) in [5, 5.41) is 4.11. The lowest BCUT2D eigenvalue weighted by atomic mass is 10.1. The van der Waals surface area contributed by atoms with Gasteiger partial charge >= 0.3 is 0 Å². The molecule has 1 aromatic carbocycles. The Balaban J connectivity index is 1.48. The van der Waals surface area contributed by atoms with Gasteiger partial charge in [-0.1, -0.05) is 17.7 Å². The number of hydrogen-bond acceptors (Lipinski definition) is 8. The maximum Gasteiger partial charge on any atom is 0.297 e. The van der Waals surface area contributed by atoms with E-state index in [1.807, 2.05) is 6.92 Å². The van der Waals surface area contributed by atoms with E-state index in [0.717, 1.165) is 11.1 Å². The zero-order valence-electron chi connectivity index (χ0n) is 15.7. The zero-order chi connectivity index (χ0) is 20.3. The molecule has 1 aliphatic heterocycles. The second kappa shape index (κ2) is 7.99. The first-order chi connectivity index (χ1) is 14.0. The molecule has 0 saturated carbocycles. The smallest absolute Gasteiger partial charge is 0.297 e. The van der Waals surface area contributed by atoms with Crippen LogP contribution in [0.2, 0.25) is 0 Å². The number of hydrogen-bond donors (Lipinski definition) is 0. The fraction of sp³-hybridized carbons (Fsp3) is 0.316. The van der Waals surface area contributed by atoms with Gasteiger partial charge < -0.3 is 9.47 Å². The van der Waals surface area contributed by atoms with Gasteiger partial charge in [0.2, 0.25) is 5.79 Å². The van der Waals surface area contributed by atoms with Gasteiger partial charge in [-0.25, -0.2) is 9.67 Å². The van der Waals surface area contributed by atoms with Crippen LogP contribution in [0.4, 0.5) is 0 Å². The molecule has 0 radical (unpaired) electrons. The van der Waals surface area contributed by atoms with Gasteiger partial charge in [-0.3, -0.25) is 9.17 Å². The Labute approximate surface area is 168 Å². The number of aromatic nitrogens is 4. The monoisotopic (exact) mass is 416 g/mol. The highest BCUT2D eigenvalue weighted by Gasteiger charge is 2.44. The van der Waals surface area contributed by atoms with Gasteiger partial charge in [0.1, 0.15) is 25.3 Å². The highest BCUT2D eigenvalue weighted by atomic mass is 32.2. The number of benzene rings is 1. The first-order valence-corrected chi connectivity index (χ1v) is 10.4. The van der Waals surface area contributed by atoms with Crippen molar-refractivity contribution in [1.29, 1.82) is 0 Å². The SMILES string of the molecule is Cc1ccc(S(=O)(=O)OCC2COC(Cn3cncn3)(c3ccncc3)O2)cc1. The van der Waals surface area contributed by atoms with Crippen LogP contribution in [-0.2, 0) is 36.1 Å². The van der Waals surface area contributed by atoms with Crippen LogP contribution in [0, 0.1) is 6.92 Å². The molecule has 10 heteroatoms. The van der Waals surface area contributed by atoms with Crippen LogP contribution < -0.4 is 0 Å². The predicted molar refractivity (Wildman–Crippen MR) is 101 cm³/mol. The second-order valence-corrected chi connectivity index (χ2v) is 8.30. The molecule has 152 valence electrons. The largest absolute Gasteiger partial charge is 0.342 e. The van der Waals surface area contributed by atoms with E-state index in [9.17, 15) is 8.42 Å². The van der Waals surface area contributed by atoms with E-state index < -0.39 is 22.0 Å². The van der Waals surface area contributed by atoms with E-state index in [1.54, 1.807) is 47.7 Å². The highest BCUT2D eigenvalue weighted by molar-refractivity contribution is 7.86. The highest BCUT2D eigenvalue weighted by Crippen LogP contribution is 2.36. The topological polar surface area (TPSA) is 105 Å². The lowest BCUT2D eigenvalue weighted by molar-refractivity contribution is -0.190. The molecular weight excluding hydrogens is 396 g/mol. The van der Waals surface area contributed by atoms with Crippen molar-refractivity contribution in [2.45, 2.75) is 30.3 Å². The molecule has 0 aliphatic carbocycles. The molecule has 2 atom stereocenters. The molecule has 1 saturated heterocycles. The Morgan fingerprint density at radius 1 is 1.17 bits per heavy atom. The fourth-order valence-electron chi connectivity index (χ4n) is 3.04. The van der Waals surface area contributed by atoms with E-state index >= 15 is 0 Å². The molecule has 29 heavy (non-hydrogen) atoms. The van der Waals surface area contributed by atoms with Crippen molar-refractivity contribution in [3.05, 3.63) is 72.6 Å². The van der Waals surface area contributed by atoms with Crippen LogP contribution in [0.25, 0.3) is 0 Å². The molecule has 1 aliphatic rings. The van der Waals surface area contributed by atoms with Crippen LogP contribution in [0.3, 0.4) is 0 Å². The molecule has 4 rings (SSSR count). The van der Waals surface area contributed by atoms with E-state index in [-0.39, 0.29) is 24.7 Å². The Morgan fingerprint density at radius 3 is 2.62 bits per heavy atom. The summed E-state index contributed by atoms with van der Waals surface area (Å²) in [5.41, 5.74) is 1.71. The van der Waals surface area contributed by atoms with Crippen molar-refractivity contribution in [2.24, 2.45) is 0 Å². The molecule has 0 bridgehead atoms. The van der Waals surface area contributed by atoms with Crippen molar-refractivity contribution < 1.29 is 22.1 Å². The third-order valence-electron chi connectivity index (χ3n) is 4.54. The lowest BCUT2D eigenvalue weighted by Crippen LogP contribution is -2.34. The number of rotatable bonds is 7. The normalized spacial score (nSPS) is 22.0. The number of ether oxygens (including phenoxy) is 2. The van der Waals surface area contributed by atoms with Gasteiger partial charge in [-0.2, -0.15) is 13.5 Å². The molecule has 0 amide bonds. The van der Waals surface area contributed by atoms with Gasteiger partial charge in [0.15, 0.2) is 0 Å². The van der Waals surface area contributed by atoms with Crippen LogP contribution in [0.5, 0.6) is 0 Å². The standard InChI is InChI=1S/C19H20N4O5S/c1-15-2-4-18(5-3-15)29(24,25)27-11-17-10-26-19(28-17,12-23-14-21-13-22-23)16-6-8-20-9-7-16/h2-9,13-14,17H,10-12H2,1H3. The first kappa shape index (κ1) is 19.6. The molecule has 3 heterocycles. The molecule has 3 aromatic rings. The predicted octanol–water partition coefficient (Wildman–Crippen LogP) is 1.66. The molecule has 0 spiro atoms. The van der Waals surface area contributed by atoms with E-state index in [2.05, 4.69) is 15.1 Å². The van der Waals surface area contributed by atoms with Crippen molar-refractivity contribution in [3.8, 4) is 0 Å². The van der Waals surface area contributed by atoms with Gasteiger partial charge in [0.05, 0.1) is 18.1 Å². The summed E-state index contributed by atoms with van der Waals surface area (Å²) in [6.07, 6.45) is 5.67. The molecule has 9 nitrogen and oxygen atoms in total. The Kier molecular flexibility index (Phi) is 5.41. The summed E-state index contributed by atoms with van der Waals surface area (Å²) in [6.45, 7) is 2.13. The number of aryl methyl sites for hydroxylation is 1. The third kappa shape index (κ3) is 4.35. The average Bonchev–Trinajstić information content (AvgIpc) is 3.39. The summed E-state index contributed by atoms with van der Waals surface area (Å²) in [5.74, 6) is -1.14. The zero-order valence-corrected chi connectivity index (χ0v) is 16.5. The first-order valence-electron chi connectivity index (χ1n) is 8.98. The van der Waals surface area contributed by atoms with Crippen molar-refractivity contribution in [1.82, 2.24) is 19.7 Å². The van der Waals surface area contributed by atoms with E-state index in [1.165, 1.54) is 18.5 Å². The van der Waals surface area contributed by atoms with Crippen molar-refractivity contribution >= 4 is 10.1 Å². The number of nitrogens with zero attached hydrogens (tertiary/aromatic N) is 4. The molecule has 2 unspecified atom stereocenters. The van der Waals surface area contributed by atoms with Crippen LogP contribution >= 0.6 is 0 Å². The summed E-state index contributed by atoms with van der Waals surface area (Å²) in [7, 11) is -3.89. The molecule has 2 aromatic heterocycles. The average molecular weight is 416 g/mol. The summed E-state index contributed by atoms with van der Waals surface area (Å²) in [4.78, 5) is 8.07. The Morgan fingerprint density at radius 2 is 1.93 bits per heavy atom. The molecule has 0 N–H and O–H groups in total. The minimum absolute atomic E-state index is 0.102. The fourth-order valence-corrected chi connectivity index (χ4v) is 3.98. The Bertz CT molecular complexity index is 1040. The van der Waals surface area contributed by atoms with Gasteiger partial charge in [-0.15, -0.1) is 0 Å². The minimum atomic E-state index is -3.89. The van der Waals surface area contributed by atoms with E-state index in [0.29, 0.717) is 0 Å². The summed E-state index contributed by atoms with van der Waals surface area (Å²) in [6, 6.07) is 10.0. The quantitative estimate of drug-likeness (QED) is 0.536. The van der Waals surface area contributed by atoms with Gasteiger partial charge in [0.25, 0.3) is 10.1 Å². The van der Waals surface area contributed by atoms with Crippen LogP contribution in [0.15, 0.2) is 66.3 Å². The van der Waals surface area contributed by atoms with Gasteiger partial charge in [-0.05, 0) is 31.2 Å². The minimum Gasteiger partial charge on any atom is -0.342 e. The third-order valence-corrected chi connectivity index (χ3v) is 5.83. The second-order valence-electron chi connectivity index (χ2n) is 6.68. The Hall–Kier alpha value is -2.66. The van der Waals surface area contributed by atoms with E-state index in [4.69, 9.17) is 13.7 Å². The van der Waals surface area contributed by atoms with Crippen LogP contribution in [0.1, 0.15) is 11.1 Å². The van der Waals surface area contributed by atoms with Crippen LogP contribution in [-0.4, -0.2) is 47.5 Å².